The van der Waals surface area contributed by atoms with Gasteiger partial charge in [0.2, 0.25) is 17.7 Å². The zero-order valence-corrected chi connectivity index (χ0v) is 31.9. The Balaban J connectivity index is 0.836. The van der Waals surface area contributed by atoms with Crippen molar-refractivity contribution in [2.45, 2.75) is 62.9 Å². The third kappa shape index (κ3) is 8.23. The number of nitrogens with two attached hydrogens (primary N) is 1. The number of halogens is 1. The molecule has 0 spiro atoms. The molecule has 1 unspecified atom stereocenters. The van der Waals surface area contributed by atoms with E-state index in [4.69, 9.17) is 15.8 Å². The van der Waals surface area contributed by atoms with E-state index in [1.54, 1.807) is 12.4 Å². The van der Waals surface area contributed by atoms with Gasteiger partial charge in [0.25, 0.3) is 11.8 Å². The maximum atomic E-state index is 13.7. The molecule has 3 fully saturated rings. The molecular weight excluding hydrogens is 744 g/mol. The lowest BCUT2D eigenvalue weighted by Crippen LogP contribution is -2.55. The number of nitrogens with zero attached hydrogens (tertiary/aromatic N) is 7. The van der Waals surface area contributed by atoms with Gasteiger partial charge in [0.1, 0.15) is 35.0 Å². The molecule has 6 heterocycles. The van der Waals surface area contributed by atoms with E-state index in [0.717, 1.165) is 62.2 Å². The molecular formula is C42H45FN10O5. The lowest BCUT2D eigenvalue weighted by molar-refractivity contribution is -0.150. The van der Waals surface area contributed by atoms with Crippen molar-refractivity contribution in [3.63, 3.8) is 0 Å². The minimum atomic E-state index is -0.953. The van der Waals surface area contributed by atoms with Gasteiger partial charge in [0, 0.05) is 56.1 Å². The van der Waals surface area contributed by atoms with Crippen LogP contribution in [0.2, 0.25) is 0 Å². The average molecular weight is 789 g/mol. The van der Waals surface area contributed by atoms with Crippen molar-refractivity contribution in [3.8, 4) is 11.3 Å². The zero-order chi connectivity index (χ0) is 40.3. The number of nitrogens with one attached hydrogen (secondary N) is 2. The summed E-state index contributed by atoms with van der Waals surface area (Å²) in [6.07, 6.45) is 11.6. The molecule has 4 aliphatic rings. The summed E-state index contributed by atoms with van der Waals surface area (Å²) in [7, 11) is 0. The molecule has 4 aromatic rings. The first-order valence-corrected chi connectivity index (χ1v) is 19.8. The van der Waals surface area contributed by atoms with Gasteiger partial charge in [-0.05, 0) is 80.8 Å². The van der Waals surface area contributed by atoms with Gasteiger partial charge in [0.05, 0.1) is 24.1 Å². The second kappa shape index (κ2) is 16.7. The molecule has 0 saturated carbocycles. The lowest BCUT2D eigenvalue weighted by atomic mass is 9.92. The van der Waals surface area contributed by atoms with Gasteiger partial charge in [-0.2, -0.15) is 5.10 Å². The molecule has 5 amide bonds. The van der Waals surface area contributed by atoms with E-state index in [2.05, 4.69) is 20.5 Å². The highest BCUT2D eigenvalue weighted by atomic mass is 19.1. The van der Waals surface area contributed by atoms with Crippen LogP contribution in [0.15, 0.2) is 85.0 Å². The fourth-order valence-electron chi connectivity index (χ4n) is 8.42. The van der Waals surface area contributed by atoms with Crippen molar-refractivity contribution in [2.75, 3.05) is 43.8 Å². The minimum absolute atomic E-state index is 0.0972. The van der Waals surface area contributed by atoms with Crippen LogP contribution < -0.4 is 16.4 Å². The molecule has 300 valence electrons. The number of piperidine rings is 3. The van der Waals surface area contributed by atoms with Crippen LogP contribution in [-0.4, -0.2) is 103 Å². The molecule has 3 saturated heterocycles. The number of imide groups is 2. The summed E-state index contributed by atoms with van der Waals surface area (Å²) < 4.78 is 15.5. The van der Waals surface area contributed by atoms with E-state index in [1.807, 2.05) is 46.1 Å². The summed E-state index contributed by atoms with van der Waals surface area (Å²) in [6, 6.07) is 14.0. The van der Waals surface area contributed by atoms with Crippen LogP contribution >= 0.6 is 0 Å². The molecule has 16 heteroatoms. The zero-order valence-electron chi connectivity index (χ0n) is 31.9. The van der Waals surface area contributed by atoms with Crippen LogP contribution in [-0.2, 0) is 24.0 Å². The third-order valence-corrected chi connectivity index (χ3v) is 11.7. The number of anilines is 2. The second-order valence-corrected chi connectivity index (χ2v) is 15.4. The molecule has 2 aromatic heterocycles. The van der Waals surface area contributed by atoms with Crippen molar-refractivity contribution in [1.82, 2.24) is 39.8 Å². The van der Waals surface area contributed by atoms with Crippen molar-refractivity contribution < 1.29 is 28.4 Å². The largest absolute Gasteiger partial charge is 0.382 e. The van der Waals surface area contributed by atoms with Crippen LogP contribution in [0.1, 0.15) is 68.2 Å². The molecule has 4 N–H and O–H groups in total. The number of hydrogen-bond donors (Lipinski definition) is 3. The smallest absolute Gasteiger partial charge is 0.277 e. The minimum Gasteiger partial charge on any atom is -0.382 e. The molecule has 58 heavy (non-hydrogen) atoms. The standard InChI is InChI=1S/C42H45FN10O5/c43-29-6-8-30(9-7-29)47-41(57)37(27-4-2-1-3-5-27)38-39(44)45-24-32(48-38)28-23-46-52(25-28)31-15-18-50(19-16-31)17-12-26-13-20-51(21-14-26)34-22-36(55)53(42(34)58)33-10-11-35(54)49-40(33)56/h1-9,22-26,31,33,37H,10-21H2,(H2,44,45)(H,47,57)(H,49,54,56)/t33?,37-/m1/s1. The predicted octanol–water partition coefficient (Wildman–Crippen LogP) is 3.63. The topological polar surface area (TPSA) is 189 Å². The number of nitrogen functional groups attached to an aromatic ring is 1. The lowest BCUT2D eigenvalue weighted by Gasteiger charge is -2.36. The van der Waals surface area contributed by atoms with Crippen LogP contribution in [0.25, 0.3) is 11.3 Å². The quantitative estimate of drug-likeness (QED) is 0.188. The fraction of sp³-hybridized carbons (Fsp3) is 0.381. The van der Waals surface area contributed by atoms with Gasteiger partial charge in [-0.1, -0.05) is 30.3 Å². The molecule has 0 bridgehead atoms. The molecule has 4 aliphatic heterocycles. The van der Waals surface area contributed by atoms with Gasteiger partial charge >= 0.3 is 0 Å². The Bertz CT molecular complexity index is 2230. The second-order valence-electron chi connectivity index (χ2n) is 15.4. The van der Waals surface area contributed by atoms with Crippen LogP contribution in [0.3, 0.4) is 0 Å². The normalized spacial score (nSPS) is 20.3. The highest BCUT2D eigenvalue weighted by Gasteiger charge is 2.44. The van der Waals surface area contributed by atoms with Crippen LogP contribution in [0.4, 0.5) is 15.9 Å². The van der Waals surface area contributed by atoms with Crippen molar-refractivity contribution in [3.05, 3.63) is 102 Å². The number of likely N-dealkylation sites (tertiary alicyclic amines) is 2. The number of rotatable bonds is 11. The molecule has 15 nitrogen and oxygen atoms in total. The molecule has 2 atom stereocenters. The van der Waals surface area contributed by atoms with Crippen LogP contribution in [0, 0.1) is 11.7 Å². The Labute approximate surface area is 334 Å². The third-order valence-electron chi connectivity index (χ3n) is 11.7. The highest BCUT2D eigenvalue weighted by molar-refractivity contribution is 6.18. The maximum absolute atomic E-state index is 13.7. The number of carbonyl (C=O) groups is 5. The van der Waals surface area contributed by atoms with Gasteiger partial charge in [0.15, 0.2) is 0 Å². The summed E-state index contributed by atoms with van der Waals surface area (Å²) in [6.45, 7) is 4.18. The van der Waals surface area contributed by atoms with E-state index < -0.39 is 41.4 Å². The molecule has 0 radical (unpaired) electrons. The monoisotopic (exact) mass is 788 g/mol. The Morgan fingerprint density at radius 2 is 1.67 bits per heavy atom. The van der Waals surface area contributed by atoms with E-state index in [-0.39, 0.29) is 30.6 Å². The van der Waals surface area contributed by atoms with Crippen molar-refractivity contribution >= 4 is 41.0 Å². The Kier molecular flexibility index (Phi) is 11.1. The van der Waals surface area contributed by atoms with E-state index >= 15 is 0 Å². The first-order valence-electron chi connectivity index (χ1n) is 19.8. The number of carbonyl (C=O) groups excluding carboxylic acids is 5. The first-order chi connectivity index (χ1) is 28.1. The number of amides is 5. The van der Waals surface area contributed by atoms with E-state index in [9.17, 15) is 28.4 Å². The number of aromatic nitrogens is 4. The Morgan fingerprint density at radius 3 is 2.40 bits per heavy atom. The fourth-order valence-corrected chi connectivity index (χ4v) is 8.42. The average Bonchev–Trinajstić information content (AvgIpc) is 3.84. The summed E-state index contributed by atoms with van der Waals surface area (Å²) in [5.41, 5.74) is 9.44. The van der Waals surface area contributed by atoms with Crippen LogP contribution in [0.5, 0.6) is 0 Å². The van der Waals surface area contributed by atoms with Gasteiger partial charge in [-0.3, -0.25) is 38.9 Å². The van der Waals surface area contributed by atoms with Crippen molar-refractivity contribution in [1.29, 1.82) is 0 Å². The van der Waals surface area contributed by atoms with E-state index in [0.29, 0.717) is 47.3 Å². The summed E-state index contributed by atoms with van der Waals surface area (Å²) >= 11 is 0. The van der Waals surface area contributed by atoms with Gasteiger partial charge < -0.3 is 20.9 Å². The SMILES string of the molecule is Nc1ncc(-c2cnn(C3CCN(CCC4CCN(C5=CC(=O)N(C6CCC(=O)NC6=O)C5=O)CC4)CC3)c2)nc1[C@H](C(=O)Nc1ccc(F)cc1)c1ccccc1. The summed E-state index contributed by atoms with van der Waals surface area (Å²) in [5.74, 6) is -2.97. The molecule has 0 aliphatic carbocycles. The molecule has 8 rings (SSSR count). The predicted molar refractivity (Wildman–Crippen MR) is 211 cm³/mol. The highest BCUT2D eigenvalue weighted by Crippen LogP contribution is 2.33. The Morgan fingerprint density at radius 1 is 0.931 bits per heavy atom. The first kappa shape index (κ1) is 38.6. The summed E-state index contributed by atoms with van der Waals surface area (Å²) in [5, 5.41) is 9.80. The maximum Gasteiger partial charge on any atom is 0.277 e. The van der Waals surface area contributed by atoms with Gasteiger partial charge in [-0.15, -0.1) is 0 Å². The Hall–Kier alpha value is -6.29. The van der Waals surface area contributed by atoms with E-state index in [1.165, 1.54) is 30.3 Å². The van der Waals surface area contributed by atoms with Gasteiger partial charge in [-0.25, -0.2) is 14.4 Å². The molecule has 2 aromatic carbocycles. The number of benzene rings is 2. The summed E-state index contributed by atoms with van der Waals surface area (Å²) in [4.78, 5) is 78.4. The van der Waals surface area contributed by atoms with Crippen molar-refractivity contribution in [2.24, 2.45) is 5.92 Å². The number of hydrogen-bond acceptors (Lipinski definition) is 11.